The minimum absolute atomic E-state index is 0.0169. The molecule has 0 aliphatic heterocycles. The van der Waals surface area contributed by atoms with Gasteiger partial charge in [-0.1, -0.05) is 17.0 Å². The van der Waals surface area contributed by atoms with Crippen LogP contribution in [0.3, 0.4) is 0 Å². The Balaban J connectivity index is 1.74. The SMILES string of the molecule is COc1ccc(C(=O)CSc2ncnc3c2nnn3C)cc1. The number of aromatic nitrogens is 5. The van der Waals surface area contributed by atoms with Gasteiger partial charge < -0.3 is 4.74 Å². The lowest BCUT2D eigenvalue weighted by Gasteiger charge is -2.03. The molecule has 0 saturated carbocycles. The van der Waals surface area contributed by atoms with Gasteiger partial charge in [0.15, 0.2) is 16.9 Å². The van der Waals surface area contributed by atoms with Gasteiger partial charge in [-0.2, -0.15) is 0 Å². The number of ketones is 1. The normalized spacial score (nSPS) is 10.8. The van der Waals surface area contributed by atoms with E-state index in [0.29, 0.717) is 21.8 Å². The number of hydrogen-bond acceptors (Lipinski definition) is 7. The smallest absolute Gasteiger partial charge is 0.182 e. The summed E-state index contributed by atoms with van der Waals surface area (Å²) in [6, 6.07) is 7.03. The number of carbonyl (C=O) groups is 1. The van der Waals surface area contributed by atoms with Gasteiger partial charge in [-0.05, 0) is 24.3 Å². The highest BCUT2D eigenvalue weighted by Gasteiger charge is 2.13. The van der Waals surface area contributed by atoms with Crippen molar-refractivity contribution in [1.82, 2.24) is 25.0 Å². The molecule has 0 atom stereocenters. The van der Waals surface area contributed by atoms with Gasteiger partial charge >= 0.3 is 0 Å². The van der Waals surface area contributed by atoms with E-state index in [0.717, 1.165) is 5.75 Å². The summed E-state index contributed by atoms with van der Waals surface area (Å²) in [6.45, 7) is 0. The number of ether oxygens (including phenoxy) is 1. The number of carbonyl (C=O) groups excluding carboxylic acids is 1. The maximum atomic E-state index is 12.2. The molecule has 0 aliphatic carbocycles. The van der Waals surface area contributed by atoms with E-state index in [2.05, 4.69) is 20.3 Å². The van der Waals surface area contributed by atoms with Gasteiger partial charge in [0.2, 0.25) is 0 Å². The van der Waals surface area contributed by atoms with Crippen molar-refractivity contribution in [3.63, 3.8) is 0 Å². The Bertz CT molecular complexity index is 816. The molecule has 7 nitrogen and oxygen atoms in total. The number of Topliss-reactive ketones (excluding diaryl/α,β-unsaturated/α-hetero) is 1. The molecule has 3 rings (SSSR count). The molecule has 0 spiro atoms. The fourth-order valence-electron chi connectivity index (χ4n) is 1.93. The number of thioether (sulfide) groups is 1. The average Bonchev–Trinajstić information content (AvgIpc) is 2.95. The molecule has 2 aromatic heterocycles. The number of methoxy groups -OCH3 is 1. The van der Waals surface area contributed by atoms with E-state index in [1.165, 1.54) is 18.1 Å². The zero-order valence-corrected chi connectivity index (χ0v) is 12.9. The summed E-state index contributed by atoms with van der Waals surface area (Å²) in [5, 5.41) is 8.60. The highest BCUT2D eigenvalue weighted by atomic mass is 32.2. The van der Waals surface area contributed by atoms with Gasteiger partial charge in [0.25, 0.3) is 0 Å². The molecule has 1 aromatic carbocycles. The summed E-state index contributed by atoms with van der Waals surface area (Å²) < 4.78 is 6.65. The molecule has 22 heavy (non-hydrogen) atoms. The molecule has 0 unspecified atom stereocenters. The highest BCUT2D eigenvalue weighted by molar-refractivity contribution is 8.00. The third kappa shape index (κ3) is 2.77. The summed E-state index contributed by atoms with van der Waals surface area (Å²) in [4.78, 5) is 20.5. The summed E-state index contributed by atoms with van der Waals surface area (Å²) in [6.07, 6.45) is 1.45. The summed E-state index contributed by atoms with van der Waals surface area (Å²) in [5.74, 6) is 1.01. The number of rotatable bonds is 5. The molecule has 2 heterocycles. The van der Waals surface area contributed by atoms with E-state index in [-0.39, 0.29) is 11.5 Å². The number of benzene rings is 1. The molecule has 3 aromatic rings. The van der Waals surface area contributed by atoms with Crippen LogP contribution < -0.4 is 4.74 Å². The second-order valence-electron chi connectivity index (χ2n) is 4.50. The summed E-state index contributed by atoms with van der Waals surface area (Å²) >= 11 is 1.33. The molecule has 0 N–H and O–H groups in total. The van der Waals surface area contributed by atoms with E-state index in [9.17, 15) is 4.79 Å². The lowest BCUT2D eigenvalue weighted by Crippen LogP contribution is -2.03. The van der Waals surface area contributed by atoms with E-state index in [4.69, 9.17) is 4.74 Å². The maximum Gasteiger partial charge on any atom is 0.182 e. The van der Waals surface area contributed by atoms with Gasteiger partial charge in [-0.25, -0.2) is 14.6 Å². The number of hydrogen-bond donors (Lipinski definition) is 0. The zero-order valence-electron chi connectivity index (χ0n) is 12.1. The first-order valence-corrected chi connectivity index (χ1v) is 7.48. The van der Waals surface area contributed by atoms with Crippen molar-refractivity contribution in [3.8, 4) is 5.75 Å². The van der Waals surface area contributed by atoms with Crippen molar-refractivity contribution in [2.45, 2.75) is 5.03 Å². The summed E-state index contributed by atoms with van der Waals surface area (Å²) in [7, 11) is 3.35. The Morgan fingerprint density at radius 1 is 1.27 bits per heavy atom. The van der Waals surface area contributed by atoms with Gasteiger partial charge in [-0.3, -0.25) is 4.79 Å². The molecule has 0 amide bonds. The number of nitrogens with zero attached hydrogens (tertiary/aromatic N) is 5. The summed E-state index contributed by atoms with van der Waals surface area (Å²) in [5.41, 5.74) is 1.89. The predicted molar refractivity (Wildman–Crippen MR) is 82.1 cm³/mol. The first-order valence-electron chi connectivity index (χ1n) is 6.49. The van der Waals surface area contributed by atoms with Crippen molar-refractivity contribution < 1.29 is 9.53 Å². The standard InChI is InChI=1S/C14H13N5O2S/c1-19-13-12(17-18-19)14(16-8-15-13)22-7-11(20)9-3-5-10(21-2)6-4-9/h3-6,8H,7H2,1-2H3. The van der Waals surface area contributed by atoms with Crippen LogP contribution in [-0.2, 0) is 7.05 Å². The second kappa shape index (κ2) is 6.10. The van der Waals surface area contributed by atoms with Crippen molar-refractivity contribution in [2.75, 3.05) is 12.9 Å². The van der Waals surface area contributed by atoms with Crippen LogP contribution in [0.25, 0.3) is 11.2 Å². The molecule has 0 saturated heterocycles. The quantitative estimate of drug-likeness (QED) is 0.403. The lowest BCUT2D eigenvalue weighted by atomic mass is 10.1. The van der Waals surface area contributed by atoms with Crippen LogP contribution >= 0.6 is 11.8 Å². The fourth-order valence-corrected chi connectivity index (χ4v) is 2.76. The van der Waals surface area contributed by atoms with E-state index < -0.39 is 0 Å². The van der Waals surface area contributed by atoms with E-state index >= 15 is 0 Å². The Kier molecular flexibility index (Phi) is 4.01. The minimum atomic E-state index is 0.0169. The minimum Gasteiger partial charge on any atom is -0.497 e. The molecule has 112 valence electrons. The largest absolute Gasteiger partial charge is 0.497 e. The van der Waals surface area contributed by atoms with Crippen LogP contribution in [0.1, 0.15) is 10.4 Å². The molecular formula is C14H13N5O2S. The molecule has 0 fully saturated rings. The Hall–Kier alpha value is -2.48. The van der Waals surface area contributed by atoms with Gasteiger partial charge in [0.05, 0.1) is 12.9 Å². The maximum absolute atomic E-state index is 12.2. The fraction of sp³-hybridized carbons (Fsp3) is 0.214. The first kappa shape index (κ1) is 14.5. The molecule has 0 radical (unpaired) electrons. The van der Waals surface area contributed by atoms with Crippen molar-refractivity contribution in [1.29, 1.82) is 0 Å². The van der Waals surface area contributed by atoms with Crippen LogP contribution in [0.15, 0.2) is 35.6 Å². The van der Waals surface area contributed by atoms with Crippen molar-refractivity contribution in [2.24, 2.45) is 7.05 Å². The predicted octanol–water partition coefficient (Wildman–Crippen LogP) is 1.74. The van der Waals surface area contributed by atoms with Crippen molar-refractivity contribution in [3.05, 3.63) is 36.2 Å². The van der Waals surface area contributed by atoms with Crippen LogP contribution in [0, 0.1) is 0 Å². The zero-order chi connectivity index (χ0) is 15.5. The van der Waals surface area contributed by atoms with Crippen LogP contribution in [-0.4, -0.2) is 43.6 Å². The average molecular weight is 315 g/mol. The van der Waals surface area contributed by atoms with E-state index in [1.807, 2.05) is 0 Å². The third-order valence-corrected chi connectivity index (χ3v) is 4.09. The number of aryl methyl sites for hydroxylation is 1. The van der Waals surface area contributed by atoms with Crippen molar-refractivity contribution >= 4 is 28.7 Å². The Morgan fingerprint density at radius 3 is 2.77 bits per heavy atom. The first-order chi connectivity index (χ1) is 10.7. The Labute approximate surface area is 130 Å². The topological polar surface area (TPSA) is 82.8 Å². The number of fused-ring (bicyclic) bond motifs is 1. The molecule has 0 bridgehead atoms. The molecule has 8 heteroatoms. The third-order valence-electron chi connectivity index (χ3n) is 3.11. The van der Waals surface area contributed by atoms with Gasteiger partial charge in [0.1, 0.15) is 17.1 Å². The van der Waals surface area contributed by atoms with Crippen LogP contribution in [0.2, 0.25) is 0 Å². The lowest BCUT2D eigenvalue weighted by molar-refractivity contribution is 0.102. The van der Waals surface area contributed by atoms with Crippen LogP contribution in [0.5, 0.6) is 5.75 Å². The Morgan fingerprint density at radius 2 is 2.05 bits per heavy atom. The molecule has 0 aliphatic rings. The van der Waals surface area contributed by atoms with Gasteiger partial charge in [0, 0.05) is 12.6 Å². The van der Waals surface area contributed by atoms with Crippen LogP contribution in [0.4, 0.5) is 0 Å². The molecular weight excluding hydrogens is 302 g/mol. The monoisotopic (exact) mass is 315 g/mol. The highest BCUT2D eigenvalue weighted by Crippen LogP contribution is 2.23. The van der Waals surface area contributed by atoms with Gasteiger partial charge in [-0.15, -0.1) is 5.10 Å². The van der Waals surface area contributed by atoms with E-state index in [1.54, 1.807) is 43.1 Å². The second-order valence-corrected chi connectivity index (χ2v) is 5.47.